The zero-order valence-electron chi connectivity index (χ0n) is 10.3. The fourth-order valence-corrected chi connectivity index (χ4v) is 2.40. The number of hydrogen-bond donors (Lipinski definition) is 2. The van der Waals surface area contributed by atoms with Crippen LogP contribution in [0.25, 0.3) is 5.70 Å². The summed E-state index contributed by atoms with van der Waals surface area (Å²) in [5, 5.41) is 1.53. The maximum absolute atomic E-state index is 10.6. The van der Waals surface area contributed by atoms with Crippen LogP contribution in [0.1, 0.15) is 20.1 Å². The van der Waals surface area contributed by atoms with E-state index in [0.29, 0.717) is 17.1 Å². The maximum Gasteiger partial charge on any atom is 0.160 e. The van der Waals surface area contributed by atoms with Crippen molar-refractivity contribution in [1.82, 2.24) is 5.01 Å². The first-order chi connectivity index (χ1) is 9.19. The van der Waals surface area contributed by atoms with Crippen LogP contribution in [0, 0.1) is 0 Å². The van der Waals surface area contributed by atoms with Gasteiger partial charge in [-0.3, -0.25) is 4.79 Å². The molecule has 1 aromatic heterocycles. The lowest BCUT2D eigenvalue weighted by atomic mass is 10.2. The van der Waals surface area contributed by atoms with Gasteiger partial charge in [-0.25, -0.2) is 5.84 Å². The van der Waals surface area contributed by atoms with Gasteiger partial charge in [-0.15, -0.1) is 11.3 Å². The van der Waals surface area contributed by atoms with Crippen molar-refractivity contribution in [3.8, 4) is 0 Å². The predicted octanol–water partition coefficient (Wildman–Crippen LogP) is 2.19. The molecule has 4 nitrogen and oxygen atoms in total. The van der Waals surface area contributed by atoms with Gasteiger partial charge in [0.15, 0.2) is 6.29 Å². The van der Waals surface area contributed by atoms with Gasteiger partial charge in [-0.1, -0.05) is 30.3 Å². The molecule has 0 amide bonds. The highest BCUT2D eigenvalue weighted by Crippen LogP contribution is 2.20. The van der Waals surface area contributed by atoms with Gasteiger partial charge in [-0.2, -0.15) is 0 Å². The standard InChI is InChI=1S/C14H15N3OS/c15-13(14-7-6-12(10-18)19-14)9-17(16)8-11-4-2-1-3-5-11/h1-7,9-10H,8,15-16H2/b13-9-. The molecule has 1 heterocycles. The van der Waals surface area contributed by atoms with Crippen LogP contribution in [0.15, 0.2) is 48.7 Å². The molecule has 0 radical (unpaired) electrons. The number of carbonyl (C=O) groups is 1. The first-order valence-electron chi connectivity index (χ1n) is 5.77. The Morgan fingerprint density at radius 1 is 1.21 bits per heavy atom. The number of nitrogens with two attached hydrogens (primary N) is 2. The molecule has 19 heavy (non-hydrogen) atoms. The molecule has 0 aliphatic carbocycles. The lowest BCUT2D eigenvalue weighted by molar-refractivity contribution is 0.112. The second-order valence-corrected chi connectivity index (χ2v) is 5.18. The maximum atomic E-state index is 10.6. The number of thiophene rings is 1. The Bertz CT molecular complexity index is 577. The summed E-state index contributed by atoms with van der Waals surface area (Å²) >= 11 is 1.35. The summed E-state index contributed by atoms with van der Waals surface area (Å²) in [4.78, 5) is 12.1. The van der Waals surface area contributed by atoms with Crippen molar-refractivity contribution in [2.24, 2.45) is 11.6 Å². The van der Waals surface area contributed by atoms with E-state index >= 15 is 0 Å². The number of rotatable bonds is 5. The minimum atomic E-state index is 0.552. The Balaban J connectivity index is 2.05. The fraction of sp³-hybridized carbons (Fsp3) is 0.0714. The number of nitrogens with zero attached hydrogens (tertiary/aromatic N) is 1. The minimum Gasteiger partial charge on any atom is -0.396 e. The van der Waals surface area contributed by atoms with E-state index in [9.17, 15) is 4.79 Å². The summed E-state index contributed by atoms with van der Waals surface area (Å²) < 4.78 is 0. The van der Waals surface area contributed by atoms with Crippen LogP contribution in [0.3, 0.4) is 0 Å². The van der Waals surface area contributed by atoms with E-state index in [1.165, 1.54) is 16.3 Å². The van der Waals surface area contributed by atoms with Crippen molar-refractivity contribution in [2.45, 2.75) is 6.54 Å². The molecule has 98 valence electrons. The monoisotopic (exact) mass is 273 g/mol. The zero-order chi connectivity index (χ0) is 13.7. The number of hydrogen-bond acceptors (Lipinski definition) is 5. The summed E-state index contributed by atoms with van der Waals surface area (Å²) in [6.45, 7) is 0.577. The van der Waals surface area contributed by atoms with E-state index in [1.54, 1.807) is 12.3 Å². The average Bonchev–Trinajstić information content (AvgIpc) is 2.88. The fourth-order valence-electron chi connectivity index (χ4n) is 1.65. The number of benzene rings is 1. The van der Waals surface area contributed by atoms with E-state index in [2.05, 4.69) is 0 Å². The number of hydrazine groups is 1. The van der Waals surface area contributed by atoms with E-state index in [0.717, 1.165) is 16.7 Å². The molecule has 2 aromatic rings. The van der Waals surface area contributed by atoms with Crippen molar-refractivity contribution in [3.05, 3.63) is 64.0 Å². The lowest BCUT2D eigenvalue weighted by Crippen LogP contribution is -2.25. The highest BCUT2D eigenvalue weighted by Gasteiger charge is 2.03. The molecule has 2 rings (SSSR count). The van der Waals surface area contributed by atoms with E-state index in [1.807, 2.05) is 36.4 Å². The van der Waals surface area contributed by atoms with Crippen molar-refractivity contribution >= 4 is 23.3 Å². The van der Waals surface area contributed by atoms with Gasteiger partial charge >= 0.3 is 0 Å². The minimum absolute atomic E-state index is 0.552. The van der Waals surface area contributed by atoms with Crippen LogP contribution >= 0.6 is 11.3 Å². The van der Waals surface area contributed by atoms with E-state index in [4.69, 9.17) is 11.6 Å². The Labute approximate surface area is 115 Å². The molecule has 0 aliphatic heterocycles. The molecule has 5 heteroatoms. The normalized spacial score (nSPS) is 11.3. The predicted molar refractivity (Wildman–Crippen MR) is 78.0 cm³/mol. The molecule has 0 saturated heterocycles. The number of carbonyl (C=O) groups excluding carboxylic acids is 1. The molecular weight excluding hydrogens is 258 g/mol. The first-order valence-corrected chi connectivity index (χ1v) is 6.58. The molecule has 0 bridgehead atoms. The molecule has 0 saturated carbocycles. The molecular formula is C14H15N3OS. The Morgan fingerprint density at radius 3 is 2.58 bits per heavy atom. The summed E-state index contributed by atoms with van der Waals surface area (Å²) in [5.74, 6) is 5.90. The zero-order valence-corrected chi connectivity index (χ0v) is 11.1. The average molecular weight is 273 g/mol. The van der Waals surface area contributed by atoms with Crippen molar-refractivity contribution in [3.63, 3.8) is 0 Å². The highest BCUT2D eigenvalue weighted by atomic mass is 32.1. The lowest BCUT2D eigenvalue weighted by Gasteiger charge is -2.14. The van der Waals surface area contributed by atoms with Crippen LogP contribution in [-0.2, 0) is 6.54 Å². The van der Waals surface area contributed by atoms with Gasteiger partial charge in [0.1, 0.15) is 0 Å². The van der Waals surface area contributed by atoms with Crippen LogP contribution in [0.5, 0.6) is 0 Å². The van der Waals surface area contributed by atoms with Crippen molar-refractivity contribution in [1.29, 1.82) is 0 Å². The van der Waals surface area contributed by atoms with Crippen molar-refractivity contribution < 1.29 is 4.79 Å². The SMILES string of the molecule is N/C(=C\N(N)Cc1ccccc1)c1ccc(C=O)s1. The summed E-state index contributed by atoms with van der Waals surface area (Å²) in [7, 11) is 0. The van der Waals surface area contributed by atoms with Gasteiger partial charge in [0, 0.05) is 6.20 Å². The second kappa shape index (κ2) is 6.17. The third-order valence-electron chi connectivity index (χ3n) is 2.54. The largest absolute Gasteiger partial charge is 0.396 e. The van der Waals surface area contributed by atoms with Gasteiger partial charge in [-0.05, 0) is 17.7 Å². The Kier molecular flexibility index (Phi) is 4.33. The highest BCUT2D eigenvalue weighted by molar-refractivity contribution is 7.14. The molecule has 0 fully saturated rings. The van der Waals surface area contributed by atoms with Gasteiger partial charge in [0.25, 0.3) is 0 Å². The third kappa shape index (κ3) is 3.67. The summed E-state index contributed by atoms with van der Waals surface area (Å²) in [5.41, 5.74) is 7.61. The molecule has 0 aliphatic rings. The van der Waals surface area contributed by atoms with Crippen LogP contribution in [0.2, 0.25) is 0 Å². The van der Waals surface area contributed by atoms with Gasteiger partial charge < -0.3 is 10.7 Å². The topological polar surface area (TPSA) is 72.3 Å². The Morgan fingerprint density at radius 2 is 1.95 bits per heavy atom. The first kappa shape index (κ1) is 13.3. The van der Waals surface area contributed by atoms with Crippen LogP contribution in [0.4, 0.5) is 0 Å². The van der Waals surface area contributed by atoms with Crippen molar-refractivity contribution in [2.75, 3.05) is 0 Å². The quantitative estimate of drug-likeness (QED) is 0.497. The van der Waals surface area contributed by atoms with Crippen LogP contribution in [-0.4, -0.2) is 11.3 Å². The smallest absolute Gasteiger partial charge is 0.160 e. The van der Waals surface area contributed by atoms with E-state index < -0.39 is 0 Å². The molecule has 0 atom stereocenters. The molecule has 4 N–H and O–H groups in total. The summed E-state index contributed by atoms with van der Waals surface area (Å²) in [6, 6.07) is 13.4. The van der Waals surface area contributed by atoms with Gasteiger partial charge in [0.2, 0.25) is 0 Å². The second-order valence-electron chi connectivity index (χ2n) is 4.06. The molecule has 1 aromatic carbocycles. The van der Waals surface area contributed by atoms with E-state index in [-0.39, 0.29) is 0 Å². The molecule has 0 unspecified atom stereocenters. The number of aldehydes is 1. The summed E-state index contributed by atoms with van der Waals surface area (Å²) in [6.07, 6.45) is 2.49. The van der Waals surface area contributed by atoms with Gasteiger partial charge in [0.05, 0.1) is 22.0 Å². The Hall–Kier alpha value is -2.11. The van der Waals surface area contributed by atoms with Crippen LogP contribution < -0.4 is 11.6 Å². The molecule has 0 spiro atoms. The third-order valence-corrected chi connectivity index (χ3v) is 3.60.